The zero-order chi connectivity index (χ0) is 18.6. The number of benzene rings is 1. The van der Waals surface area contributed by atoms with E-state index in [-0.39, 0.29) is 0 Å². The number of aliphatic imine (C=N–C) groups is 2. The minimum Gasteiger partial charge on any atom is -0.466 e. The Morgan fingerprint density at radius 2 is 2.16 bits per heavy atom. The Balaban J connectivity index is 2.73. The van der Waals surface area contributed by atoms with Crippen molar-refractivity contribution in [2.24, 2.45) is 9.98 Å². The molecule has 1 atom stereocenters. The average Bonchev–Trinajstić information content (AvgIpc) is 2.58. The van der Waals surface area contributed by atoms with Crippen LogP contribution in [0.2, 0.25) is 0 Å². The maximum absolute atomic E-state index is 13.8. The summed E-state index contributed by atoms with van der Waals surface area (Å²) in [7, 11) is 1.29. The van der Waals surface area contributed by atoms with Gasteiger partial charge >= 0.3 is 5.97 Å². The van der Waals surface area contributed by atoms with E-state index in [9.17, 15) is 9.18 Å². The molecule has 1 unspecified atom stereocenters. The number of carbonyl (C=O) groups is 1. The lowest BCUT2D eigenvalue weighted by molar-refractivity contribution is -0.137. The van der Waals surface area contributed by atoms with Crippen LogP contribution in [0.5, 0.6) is 0 Å². The number of hydrogen-bond acceptors (Lipinski definition) is 5. The Morgan fingerprint density at radius 3 is 2.72 bits per heavy atom. The fourth-order valence-corrected chi connectivity index (χ4v) is 2.80. The SMILES string of the molecule is C=CN=C(C=C)C1=NC(C)(c2cccc(F)c2)C(C(=O)OC)=C(C)N1. The molecule has 1 heterocycles. The molecule has 0 aliphatic carbocycles. The monoisotopic (exact) mass is 341 g/mol. The van der Waals surface area contributed by atoms with E-state index in [2.05, 4.69) is 28.5 Å². The molecule has 130 valence electrons. The fraction of sp³-hybridized carbons (Fsp3) is 0.211. The van der Waals surface area contributed by atoms with Crippen molar-refractivity contribution in [2.75, 3.05) is 7.11 Å². The van der Waals surface area contributed by atoms with Crippen molar-refractivity contribution in [3.63, 3.8) is 0 Å². The zero-order valence-corrected chi connectivity index (χ0v) is 14.5. The van der Waals surface area contributed by atoms with Crippen molar-refractivity contribution in [1.82, 2.24) is 5.32 Å². The number of nitrogens with one attached hydrogen (secondary N) is 1. The summed E-state index contributed by atoms with van der Waals surface area (Å²) in [6.07, 6.45) is 2.89. The maximum atomic E-state index is 13.8. The first-order valence-corrected chi connectivity index (χ1v) is 7.61. The van der Waals surface area contributed by atoms with Gasteiger partial charge in [0.1, 0.15) is 17.1 Å². The standard InChI is InChI=1S/C19H20FN3O2/c1-6-15(21-7-2)17-22-12(3)16(18(24)25-5)19(4,23-17)13-9-8-10-14(20)11-13/h6-11H,1-2H2,3-5H3,(H,22,23). The molecule has 0 saturated heterocycles. The first-order valence-electron chi connectivity index (χ1n) is 7.61. The Hall–Kier alpha value is -3.02. The van der Waals surface area contributed by atoms with Gasteiger partial charge in [0.05, 0.1) is 12.7 Å². The summed E-state index contributed by atoms with van der Waals surface area (Å²) in [6.45, 7) is 10.7. The van der Waals surface area contributed by atoms with E-state index in [0.29, 0.717) is 28.4 Å². The minimum atomic E-state index is -1.15. The molecule has 0 saturated carbocycles. The molecule has 6 heteroatoms. The summed E-state index contributed by atoms with van der Waals surface area (Å²) in [5.41, 5.74) is 0.674. The first-order chi connectivity index (χ1) is 11.9. The minimum absolute atomic E-state index is 0.298. The Morgan fingerprint density at radius 1 is 1.44 bits per heavy atom. The Labute approximate surface area is 146 Å². The molecule has 1 aromatic carbocycles. The van der Waals surface area contributed by atoms with Crippen LogP contribution in [-0.2, 0) is 15.1 Å². The molecule has 2 rings (SSSR count). The molecule has 0 amide bonds. The second-order valence-corrected chi connectivity index (χ2v) is 5.56. The van der Waals surface area contributed by atoms with Crippen LogP contribution in [0, 0.1) is 5.82 Å². The molecule has 1 aliphatic heterocycles. The van der Waals surface area contributed by atoms with Crippen LogP contribution in [0.1, 0.15) is 19.4 Å². The van der Waals surface area contributed by atoms with Crippen LogP contribution in [0.4, 0.5) is 4.39 Å². The fourth-order valence-electron chi connectivity index (χ4n) is 2.80. The number of nitrogens with zero attached hydrogens (tertiary/aromatic N) is 2. The summed E-state index contributed by atoms with van der Waals surface area (Å²) < 4.78 is 18.7. The smallest absolute Gasteiger partial charge is 0.338 e. The van der Waals surface area contributed by atoms with Gasteiger partial charge in [-0.2, -0.15) is 0 Å². The highest BCUT2D eigenvalue weighted by Gasteiger charge is 2.41. The molecular weight excluding hydrogens is 321 g/mol. The molecule has 0 bridgehead atoms. The number of allylic oxidation sites excluding steroid dienone is 1. The van der Waals surface area contributed by atoms with Crippen molar-refractivity contribution in [3.05, 3.63) is 72.4 Å². The highest BCUT2D eigenvalue weighted by molar-refractivity contribution is 6.46. The summed E-state index contributed by atoms with van der Waals surface area (Å²) >= 11 is 0. The van der Waals surface area contributed by atoms with Crippen LogP contribution in [0.3, 0.4) is 0 Å². The van der Waals surface area contributed by atoms with Crippen molar-refractivity contribution < 1.29 is 13.9 Å². The number of ether oxygens (including phenoxy) is 1. The summed E-state index contributed by atoms with van der Waals surface area (Å²) in [6, 6.07) is 5.97. The predicted molar refractivity (Wildman–Crippen MR) is 96.9 cm³/mol. The molecule has 0 aromatic heterocycles. The lowest BCUT2D eigenvalue weighted by atomic mass is 9.82. The van der Waals surface area contributed by atoms with Gasteiger partial charge in [0.15, 0.2) is 5.84 Å². The quantitative estimate of drug-likeness (QED) is 0.660. The third-order valence-electron chi connectivity index (χ3n) is 3.95. The van der Waals surface area contributed by atoms with Gasteiger partial charge in [-0.15, -0.1) is 0 Å². The molecule has 1 N–H and O–H groups in total. The van der Waals surface area contributed by atoms with Gasteiger partial charge in [0.25, 0.3) is 0 Å². The largest absolute Gasteiger partial charge is 0.466 e. The van der Waals surface area contributed by atoms with Crippen LogP contribution < -0.4 is 5.32 Å². The molecule has 1 aliphatic rings. The molecular formula is C19H20FN3O2. The van der Waals surface area contributed by atoms with E-state index < -0.39 is 17.3 Å². The lowest BCUT2D eigenvalue weighted by Crippen LogP contribution is -2.43. The summed E-state index contributed by atoms with van der Waals surface area (Å²) in [5.74, 6) is -0.549. The van der Waals surface area contributed by atoms with Crippen LogP contribution in [-0.4, -0.2) is 24.6 Å². The van der Waals surface area contributed by atoms with Gasteiger partial charge in [-0.25, -0.2) is 14.2 Å². The van der Waals surface area contributed by atoms with Gasteiger partial charge < -0.3 is 10.1 Å². The number of hydrogen-bond donors (Lipinski definition) is 1. The van der Waals surface area contributed by atoms with Crippen LogP contribution in [0.15, 0.2) is 71.0 Å². The van der Waals surface area contributed by atoms with Crippen molar-refractivity contribution >= 4 is 17.5 Å². The second-order valence-electron chi connectivity index (χ2n) is 5.56. The number of carbonyl (C=O) groups excluding carboxylic acids is 1. The van der Waals surface area contributed by atoms with Gasteiger partial charge in [-0.1, -0.05) is 25.3 Å². The Bertz CT molecular complexity index is 824. The summed E-state index contributed by atoms with van der Waals surface area (Å²) in [4.78, 5) is 21.1. The van der Waals surface area contributed by atoms with E-state index in [1.54, 1.807) is 26.0 Å². The molecule has 0 spiro atoms. The number of methoxy groups -OCH3 is 1. The van der Waals surface area contributed by atoms with E-state index >= 15 is 0 Å². The van der Waals surface area contributed by atoms with E-state index in [0.717, 1.165) is 0 Å². The molecule has 1 aromatic rings. The lowest BCUT2D eigenvalue weighted by Gasteiger charge is -2.34. The summed E-state index contributed by atoms with van der Waals surface area (Å²) in [5, 5.41) is 3.04. The molecule has 5 nitrogen and oxygen atoms in total. The number of amidine groups is 1. The highest BCUT2D eigenvalue weighted by Crippen LogP contribution is 2.38. The topological polar surface area (TPSA) is 63.0 Å². The molecule has 0 fully saturated rings. The van der Waals surface area contributed by atoms with E-state index in [1.165, 1.54) is 31.5 Å². The van der Waals surface area contributed by atoms with Gasteiger partial charge in [-0.05, 0) is 37.6 Å². The Kier molecular flexibility index (Phi) is 5.32. The second kappa shape index (κ2) is 7.25. The van der Waals surface area contributed by atoms with Crippen LogP contribution >= 0.6 is 0 Å². The van der Waals surface area contributed by atoms with E-state index in [4.69, 9.17) is 4.74 Å². The van der Waals surface area contributed by atoms with Crippen molar-refractivity contribution in [1.29, 1.82) is 0 Å². The van der Waals surface area contributed by atoms with Crippen molar-refractivity contribution in [2.45, 2.75) is 19.4 Å². The zero-order valence-electron chi connectivity index (χ0n) is 14.5. The first kappa shape index (κ1) is 18.3. The number of halogens is 1. The third kappa shape index (κ3) is 3.42. The van der Waals surface area contributed by atoms with Gasteiger partial charge in [0.2, 0.25) is 0 Å². The normalized spacial score (nSPS) is 20.5. The average molecular weight is 341 g/mol. The van der Waals surface area contributed by atoms with Gasteiger partial charge in [-0.3, -0.25) is 4.99 Å². The predicted octanol–water partition coefficient (Wildman–Crippen LogP) is 3.26. The number of esters is 1. The van der Waals surface area contributed by atoms with Gasteiger partial charge in [0, 0.05) is 11.9 Å². The van der Waals surface area contributed by atoms with E-state index in [1.807, 2.05) is 0 Å². The van der Waals surface area contributed by atoms with Crippen molar-refractivity contribution in [3.8, 4) is 0 Å². The number of rotatable bonds is 5. The highest BCUT2D eigenvalue weighted by atomic mass is 19.1. The molecule has 25 heavy (non-hydrogen) atoms. The van der Waals surface area contributed by atoms with Crippen LogP contribution in [0.25, 0.3) is 0 Å². The molecule has 0 radical (unpaired) electrons. The maximum Gasteiger partial charge on any atom is 0.338 e. The third-order valence-corrected chi connectivity index (χ3v) is 3.95.